The molecule has 2 N–H and O–H groups in total. The van der Waals surface area contributed by atoms with Gasteiger partial charge < -0.3 is 15.0 Å². The summed E-state index contributed by atoms with van der Waals surface area (Å²) < 4.78 is 0. The summed E-state index contributed by atoms with van der Waals surface area (Å²) in [5.74, 6) is -0.655. The third-order valence-electron chi connectivity index (χ3n) is 3.49. The molecule has 1 atom stereocenters. The number of nitrogens with one attached hydrogen (secondary N) is 1. The van der Waals surface area contributed by atoms with Gasteiger partial charge in [-0.05, 0) is 19.3 Å². The SMILES string of the molecule is CCCC1(C(=O)O)CCCN1c1ncc[nH]c1=O. The van der Waals surface area contributed by atoms with E-state index in [0.29, 0.717) is 19.4 Å². The molecule has 1 fully saturated rings. The zero-order valence-corrected chi connectivity index (χ0v) is 10.3. The molecule has 0 aliphatic carbocycles. The third kappa shape index (κ3) is 1.87. The maximum atomic E-state index is 11.8. The van der Waals surface area contributed by atoms with Gasteiger partial charge in [0.15, 0.2) is 5.82 Å². The number of carboxylic acid groups (broad SMARTS) is 1. The molecule has 0 amide bonds. The van der Waals surface area contributed by atoms with Crippen LogP contribution < -0.4 is 10.5 Å². The minimum atomic E-state index is -0.976. The quantitative estimate of drug-likeness (QED) is 0.833. The molecule has 2 heterocycles. The van der Waals surface area contributed by atoms with Crippen LogP contribution in [0.5, 0.6) is 0 Å². The fourth-order valence-corrected chi connectivity index (χ4v) is 2.73. The molecule has 1 unspecified atom stereocenters. The number of nitrogens with zero attached hydrogens (tertiary/aromatic N) is 2. The van der Waals surface area contributed by atoms with Gasteiger partial charge in [-0.25, -0.2) is 9.78 Å². The highest BCUT2D eigenvalue weighted by atomic mass is 16.4. The van der Waals surface area contributed by atoms with E-state index in [4.69, 9.17) is 0 Å². The topological polar surface area (TPSA) is 86.3 Å². The second-order valence-electron chi connectivity index (χ2n) is 4.58. The number of hydrogen-bond acceptors (Lipinski definition) is 4. The molecule has 1 saturated heterocycles. The van der Waals surface area contributed by atoms with Crippen LogP contribution in [-0.4, -0.2) is 33.1 Å². The van der Waals surface area contributed by atoms with Crippen LogP contribution in [0, 0.1) is 0 Å². The van der Waals surface area contributed by atoms with E-state index in [9.17, 15) is 14.7 Å². The van der Waals surface area contributed by atoms with Crippen LogP contribution in [0.3, 0.4) is 0 Å². The van der Waals surface area contributed by atoms with E-state index in [-0.39, 0.29) is 11.4 Å². The Kier molecular flexibility index (Phi) is 3.36. The molecule has 0 radical (unpaired) electrons. The lowest BCUT2D eigenvalue weighted by Gasteiger charge is -2.34. The molecule has 1 aliphatic rings. The second kappa shape index (κ2) is 4.80. The fourth-order valence-electron chi connectivity index (χ4n) is 2.73. The van der Waals surface area contributed by atoms with Crippen molar-refractivity contribution in [3.63, 3.8) is 0 Å². The molecule has 18 heavy (non-hydrogen) atoms. The van der Waals surface area contributed by atoms with Crippen LogP contribution in [0.2, 0.25) is 0 Å². The number of anilines is 1. The van der Waals surface area contributed by atoms with Gasteiger partial charge in [-0.15, -0.1) is 0 Å². The van der Waals surface area contributed by atoms with E-state index in [2.05, 4.69) is 9.97 Å². The van der Waals surface area contributed by atoms with Crippen molar-refractivity contribution < 1.29 is 9.90 Å². The van der Waals surface area contributed by atoms with Gasteiger partial charge in [0.25, 0.3) is 5.56 Å². The van der Waals surface area contributed by atoms with Crippen molar-refractivity contribution in [1.29, 1.82) is 0 Å². The molecule has 6 nitrogen and oxygen atoms in total. The van der Waals surface area contributed by atoms with Crippen molar-refractivity contribution in [2.75, 3.05) is 11.4 Å². The largest absolute Gasteiger partial charge is 0.479 e. The smallest absolute Gasteiger partial charge is 0.329 e. The predicted molar refractivity (Wildman–Crippen MR) is 66.7 cm³/mol. The number of carboxylic acids is 1. The molecule has 2 rings (SSSR count). The standard InChI is InChI=1S/C12H17N3O3/c1-2-4-12(11(17)18)5-3-8-15(12)9-10(16)14-7-6-13-9/h6-7H,2-5,8H2,1H3,(H,14,16)(H,17,18). The first-order valence-electron chi connectivity index (χ1n) is 6.16. The molecule has 1 aromatic rings. The van der Waals surface area contributed by atoms with Gasteiger partial charge in [-0.3, -0.25) is 4.79 Å². The molecule has 98 valence electrons. The number of H-pyrrole nitrogens is 1. The predicted octanol–water partition coefficient (Wildman–Crippen LogP) is 0.994. The summed E-state index contributed by atoms with van der Waals surface area (Å²) in [5.41, 5.74) is -1.31. The number of hydrogen-bond donors (Lipinski definition) is 2. The third-order valence-corrected chi connectivity index (χ3v) is 3.49. The van der Waals surface area contributed by atoms with E-state index in [1.165, 1.54) is 12.4 Å². The van der Waals surface area contributed by atoms with E-state index >= 15 is 0 Å². The highest BCUT2D eigenvalue weighted by molar-refractivity contribution is 5.84. The number of aliphatic carboxylic acids is 1. The van der Waals surface area contributed by atoms with Gasteiger partial charge in [0.2, 0.25) is 0 Å². The van der Waals surface area contributed by atoms with Crippen LogP contribution in [0.15, 0.2) is 17.2 Å². The lowest BCUT2D eigenvalue weighted by atomic mass is 9.90. The van der Waals surface area contributed by atoms with E-state index < -0.39 is 11.5 Å². The molecular weight excluding hydrogens is 234 g/mol. The highest BCUT2D eigenvalue weighted by Gasteiger charge is 2.48. The number of carbonyl (C=O) groups is 1. The van der Waals surface area contributed by atoms with Crippen molar-refractivity contribution in [2.45, 2.75) is 38.1 Å². The molecule has 0 saturated carbocycles. The zero-order valence-electron chi connectivity index (χ0n) is 10.3. The Labute approximate surface area is 105 Å². The minimum Gasteiger partial charge on any atom is -0.479 e. The van der Waals surface area contributed by atoms with Crippen molar-refractivity contribution in [3.05, 3.63) is 22.7 Å². The first-order chi connectivity index (χ1) is 8.62. The normalized spacial score (nSPS) is 23.3. The average Bonchev–Trinajstić information content (AvgIpc) is 2.75. The molecule has 0 aromatic carbocycles. The molecule has 0 spiro atoms. The van der Waals surface area contributed by atoms with Gasteiger partial charge in [0.05, 0.1) is 0 Å². The number of aromatic amines is 1. The van der Waals surface area contributed by atoms with Crippen LogP contribution in [-0.2, 0) is 4.79 Å². The maximum Gasteiger partial charge on any atom is 0.329 e. The van der Waals surface area contributed by atoms with Gasteiger partial charge >= 0.3 is 5.97 Å². The summed E-state index contributed by atoms with van der Waals surface area (Å²) in [4.78, 5) is 31.6. The highest BCUT2D eigenvalue weighted by Crippen LogP contribution is 2.35. The van der Waals surface area contributed by atoms with Crippen molar-refractivity contribution >= 4 is 11.8 Å². The fraction of sp³-hybridized carbons (Fsp3) is 0.583. The summed E-state index contributed by atoms with van der Waals surface area (Å²) in [5, 5.41) is 9.54. The van der Waals surface area contributed by atoms with E-state index in [0.717, 1.165) is 12.8 Å². The van der Waals surface area contributed by atoms with Crippen LogP contribution in [0.25, 0.3) is 0 Å². The molecule has 1 aromatic heterocycles. The molecular formula is C12H17N3O3. The van der Waals surface area contributed by atoms with Gasteiger partial charge in [-0.1, -0.05) is 13.3 Å². The summed E-state index contributed by atoms with van der Waals surface area (Å²) in [6, 6.07) is 0. The second-order valence-corrected chi connectivity index (χ2v) is 4.58. The van der Waals surface area contributed by atoms with Gasteiger partial charge in [0.1, 0.15) is 5.54 Å². The van der Waals surface area contributed by atoms with Gasteiger partial charge in [-0.2, -0.15) is 0 Å². The van der Waals surface area contributed by atoms with Crippen LogP contribution >= 0.6 is 0 Å². The van der Waals surface area contributed by atoms with Gasteiger partial charge in [0, 0.05) is 18.9 Å². The zero-order chi connectivity index (χ0) is 13.2. The Balaban J connectivity index is 2.46. The lowest BCUT2D eigenvalue weighted by Crippen LogP contribution is -2.52. The Bertz CT molecular complexity index is 499. The van der Waals surface area contributed by atoms with Crippen LogP contribution in [0.1, 0.15) is 32.6 Å². The summed E-state index contributed by atoms with van der Waals surface area (Å²) >= 11 is 0. The summed E-state index contributed by atoms with van der Waals surface area (Å²) in [6.07, 6.45) is 5.54. The Hall–Kier alpha value is -1.85. The summed E-state index contributed by atoms with van der Waals surface area (Å²) in [7, 11) is 0. The average molecular weight is 251 g/mol. The number of rotatable bonds is 4. The monoisotopic (exact) mass is 251 g/mol. The molecule has 6 heteroatoms. The van der Waals surface area contributed by atoms with Crippen molar-refractivity contribution in [2.24, 2.45) is 0 Å². The van der Waals surface area contributed by atoms with Crippen LogP contribution in [0.4, 0.5) is 5.82 Å². The Morgan fingerprint density at radius 3 is 3.06 bits per heavy atom. The van der Waals surface area contributed by atoms with E-state index in [1.807, 2.05) is 6.92 Å². The van der Waals surface area contributed by atoms with E-state index in [1.54, 1.807) is 4.90 Å². The molecule has 1 aliphatic heterocycles. The Morgan fingerprint density at radius 2 is 2.44 bits per heavy atom. The Morgan fingerprint density at radius 1 is 1.67 bits per heavy atom. The minimum absolute atomic E-state index is 0.214. The summed E-state index contributed by atoms with van der Waals surface area (Å²) in [6.45, 7) is 2.51. The van der Waals surface area contributed by atoms with Crippen molar-refractivity contribution in [1.82, 2.24) is 9.97 Å². The lowest BCUT2D eigenvalue weighted by molar-refractivity contribution is -0.143. The first kappa shape index (κ1) is 12.6. The molecule has 0 bridgehead atoms. The maximum absolute atomic E-state index is 11.8. The first-order valence-corrected chi connectivity index (χ1v) is 6.16. The number of aromatic nitrogens is 2. The van der Waals surface area contributed by atoms with Crippen molar-refractivity contribution in [3.8, 4) is 0 Å².